The highest BCUT2D eigenvalue weighted by molar-refractivity contribution is 4.77. The van der Waals surface area contributed by atoms with Crippen LogP contribution in [-0.2, 0) is 0 Å². The van der Waals surface area contributed by atoms with Crippen molar-refractivity contribution in [2.24, 2.45) is 5.92 Å². The van der Waals surface area contributed by atoms with Crippen LogP contribution < -0.4 is 5.32 Å². The van der Waals surface area contributed by atoms with E-state index in [0.29, 0.717) is 0 Å². The van der Waals surface area contributed by atoms with E-state index in [0.717, 1.165) is 12.0 Å². The van der Waals surface area contributed by atoms with Crippen molar-refractivity contribution in [3.63, 3.8) is 0 Å². The van der Waals surface area contributed by atoms with Crippen molar-refractivity contribution in [3.05, 3.63) is 0 Å². The maximum atomic E-state index is 3.68. The Balaban J connectivity index is 2.35. The van der Waals surface area contributed by atoms with Crippen molar-refractivity contribution in [1.82, 2.24) is 10.2 Å². The SMILES string of the molecule is CCCN(CC(CC)CC)CC1CCCCN1. The Morgan fingerprint density at radius 1 is 1.18 bits per heavy atom. The molecular formula is C15H32N2. The lowest BCUT2D eigenvalue weighted by Gasteiger charge is -2.32. The van der Waals surface area contributed by atoms with Crippen LogP contribution >= 0.6 is 0 Å². The summed E-state index contributed by atoms with van der Waals surface area (Å²) in [5.41, 5.74) is 0. The van der Waals surface area contributed by atoms with E-state index in [4.69, 9.17) is 0 Å². The van der Waals surface area contributed by atoms with Crippen molar-refractivity contribution in [3.8, 4) is 0 Å². The fraction of sp³-hybridized carbons (Fsp3) is 1.00. The Morgan fingerprint density at radius 3 is 2.47 bits per heavy atom. The molecule has 102 valence electrons. The van der Waals surface area contributed by atoms with Gasteiger partial charge >= 0.3 is 0 Å². The molecule has 1 fully saturated rings. The Hall–Kier alpha value is -0.0800. The van der Waals surface area contributed by atoms with Crippen LogP contribution in [0, 0.1) is 5.92 Å². The number of piperidine rings is 1. The molecule has 2 heteroatoms. The summed E-state index contributed by atoms with van der Waals surface area (Å²) in [6.45, 7) is 12.0. The average molecular weight is 240 g/mol. The summed E-state index contributed by atoms with van der Waals surface area (Å²) < 4.78 is 0. The normalized spacial score (nSPS) is 21.4. The molecule has 1 heterocycles. The summed E-state index contributed by atoms with van der Waals surface area (Å²) >= 11 is 0. The molecule has 0 bridgehead atoms. The standard InChI is InChI=1S/C15H32N2/c1-4-11-17(12-14(5-2)6-3)13-15-9-7-8-10-16-15/h14-16H,4-13H2,1-3H3. The fourth-order valence-corrected chi connectivity index (χ4v) is 2.88. The molecule has 1 rings (SSSR count). The second-order valence-electron chi connectivity index (χ2n) is 5.59. The van der Waals surface area contributed by atoms with Gasteiger partial charge in [0, 0.05) is 19.1 Å². The third-order valence-electron chi connectivity index (χ3n) is 4.10. The molecule has 17 heavy (non-hydrogen) atoms. The van der Waals surface area contributed by atoms with Crippen LogP contribution in [0.3, 0.4) is 0 Å². The summed E-state index contributed by atoms with van der Waals surface area (Å²) in [6, 6.07) is 0.754. The van der Waals surface area contributed by atoms with Crippen LogP contribution in [0.15, 0.2) is 0 Å². The van der Waals surface area contributed by atoms with Gasteiger partial charge in [-0.1, -0.05) is 40.0 Å². The van der Waals surface area contributed by atoms with Gasteiger partial charge in [-0.15, -0.1) is 0 Å². The Labute approximate surface area is 108 Å². The van der Waals surface area contributed by atoms with Crippen LogP contribution in [0.1, 0.15) is 59.3 Å². The second-order valence-corrected chi connectivity index (χ2v) is 5.59. The highest BCUT2D eigenvalue weighted by atomic mass is 15.1. The number of nitrogens with one attached hydrogen (secondary N) is 1. The van der Waals surface area contributed by atoms with Gasteiger partial charge in [0.05, 0.1) is 0 Å². The Kier molecular flexibility index (Phi) is 7.87. The first-order valence-corrected chi connectivity index (χ1v) is 7.75. The third kappa shape index (κ3) is 5.87. The lowest BCUT2D eigenvalue weighted by atomic mass is 10.0. The first-order valence-electron chi connectivity index (χ1n) is 7.75. The molecule has 0 aromatic heterocycles. The van der Waals surface area contributed by atoms with Gasteiger partial charge in [-0.25, -0.2) is 0 Å². The van der Waals surface area contributed by atoms with Crippen LogP contribution in [0.2, 0.25) is 0 Å². The van der Waals surface area contributed by atoms with Crippen molar-refractivity contribution in [2.45, 2.75) is 65.3 Å². The lowest BCUT2D eigenvalue weighted by Crippen LogP contribution is -2.45. The largest absolute Gasteiger partial charge is 0.313 e. The van der Waals surface area contributed by atoms with Crippen molar-refractivity contribution >= 4 is 0 Å². The van der Waals surface area contributed by atoms with Gasteiger partial charge in [0.15, 0.2) is 0 Å². The van der Waals surface area contributed by atoms with E-state index >= 15 is 0 Å². The molecule has 0 amide bonds. The van der Waals surface area contributed by atoms with Crippen LogP contribution in [0.4, 0.5) is 0 Å². The van der Waals surface area contributed by atoms with Gasteiger partial charge in [0.25, 0.3) is 0 Å². The predicted octanol–water partition coefficient (Wildman–Crippen LogP) is 3.28. The monoisotopic (exact) mass is 240 g/mol. The number of hydrogen-bond donors (Lipinski definition) is 1. The topological polar surface area (TPSA) is 15.3 Å². The first kappa shape index (κ1) is 15.0. The van der Waals surface area contributed by atoms with Gasteiger partial charge in [-0.3, -0.25) is 0 Å². The van der Waals surface area contributed by atoms with Gasteiger partial charge in [-0.2, -0.15) is 0 Å². The van der Waals surface area contributed by atoms with E-state index in [1.165, 1.54) is 64.7 Å². The van der Waals surface area contributed by atoms with E-state index < -0.39 is 0 Å². The van der Waals surface area contributed by atoms with Crippen molar-refractivity contribution in [1.29, 1.82) is 0 Å². The smallest absolute Gasteiger partial charge is 0.0195 e. The quantitative estimate of drug-likeness (QED) is 0.700. The summed E-state index contributed by atoms with van der Waals surface area (Å²) in [4.78, 5) is 2.70. The lowest BCUT2D eigenvalue weighted by molar-refractivity contribution is 0.190. The summed E-state index contributed by atoms with van der Waals surface area (Å²) in [5, 5.41) is 3.68. The van der Waals surface area contributed by atoms with Crippen LogP contribution in [0.5, 0.6) is 0 Å². The zero-order valence-corrected chi connectivity index (χ0v) is 12.2. The molecule has 1 atom stereocenters. The molecule has 1 saturated heterocycles. The first-order chi connectivity index (χ1) is 8.30. The number of hydrogen-bond acceptors (Lipinski definition) is 2. The third-order valence-corrected chi connectivity index (χ3v) is 4.10. The van der Waals surface area contributed by atoms with E-state index in [2.05, 4.69) is 31.0 Å². The number of nitrogens with zero attached hydrogens (tertiary/aromatic N) is 1. The molecule has 2 nitrogen and oxygen atoms in total. The van der Waals surface area contributed by atoms with E-state index in [1.807, 2.05) is 0 Å². The van der Waals surface area contributed by atoms with Gasteiger partial charge in [0.1, 0.15) is 0 Å². The Morgan fingerprint density at radius 2 is 1.94 bits per heavy atom. The van der Waals surface area contributed by atoms with Gasteiger partial charge in [0.2, 0.25) is 0 Å². The minimum absolute atomic E-state index is 0.754. The predicted molar refractivity (Wildman–Crippen MR) is 76.4 cm³/mol. The zero-order valence-electron chi connectivity index (χ0n) is 12.2. The Bertz CT molecular complexity index is 172. The fourth-order valence-electron chi connectivity index (χ4n) is 2.88. The van der Waals surface area contributed by atoms with Crippen LogP contribution in [-0.4, -0.2) is 37.1 Å². The molecule has 1 aliphatic heterocycles. The van der Waals surface area contributed by atoms with Gasteiger partial charge < -0.3 is 10.2 Å². The second kappa shape index (κ2) is 8.93. The number of rotatable bonds is 8. The molecule has 1 unspecified atom stereocenters. The molecular weight excluding hydrogens is 208 g/mol. The van der Waals surface area contributed by atoms with Crippen molar-refractivity contribution < 1.29 is 0 Å². The van der Waals surface area contributed by atoms with Crippen molar-refractivity contribution in [2.75, 3.05) is 26.2 Å². The minimum Gasteiger partial charge on any atom is -0.313 e. The molecule has 0 aromatic rings. The molecule has 0 spiro atoms. The summed E-state index contributed by atoms with van der Waals surface area (Å²) in [5.74, 6) is 0.894. The molecule has 0 saturated carbocycles. The van der Waals surface area contributed by atoms with Gasteiger partial charge in [-0.05, 0) is 38.3 Å². The van der Waals surface area contributed by atoms with Crippen LogP contribution in [0.25, 0.3) is 0 Å². The van der Waals surface area contributed by atoms with E-state index in [-0.39, 0.29) is 0 Å². The van der Waals surface area contributed by atoms with E-state index in [9.17, 15) is 0 Å². The highest BCUT2D eigenvalue weighted by Crippen LogP contribution is 2.13. The molecule has 0 radical (unpaired) electrons. The molecule has 1 aliphatic rings. The average Bonchev–Trinajstić information content (AvgIpc) is 2.37. The zero-order chi connectivity index (χ0) is 12.5. The maximum Gasteiger partial charge on any atom is 0.0195 e. The minimum atomic E-state index is 0.754. The molecule has 1 N–H and O–H groups in total. The summed E-state index contributed by atoms with van der Waals surface area (Å²) in [6.07, 6.45) is 8.11. The summed E-state index contributed by atoms with van der Waals surface area (Å²) in [7, 11) is 0. The maximum absolute atomic E-state index is 3.68. The molecule has 0 aromatic carbocycles. The highest BCUT2D eigenvalue weighted by Gasteiger charge is 2.17. The molecule has 0 aliphatic carbocycles. The van der Waals surface area contributed by atoms with E-state index in [1.54, 1.807) is 0 Å².